The maximum absolute atomic E-state index is 6.24. The lowest BCUT2D eigenvalue weighted by Gasteiger charge is -2.08. The molecule has 1 atom stereocenters. The van der Waals surface area contributed by atoms with Crippen LogP contribution in [0.15, 0.2) is 48.5 Å². The third kappa shape index (κ3) is 2.78. The molecule has 0 spiro atoms. The number of fused-ring (bicyclic) bond motifs is 1. The Kier molecular flexibility index (Phi) is 3.51. The number of benzene rings is 2. The number of nitrogens with zero attached hydrogens (tertiary/aromatic N) is 1. The van der Waals surface area contributed by atoms with E-state index in [1.165, 1.54) is 10.3 Å². The van der Waals surface area contributed by atoms with Crippen molar-refractivity contribution in [3.63, 3.8) is 0 Å². The van der Waals surface area contributed by atoms with Crippen LogP contribution in [0.3, 0.4) is 0 Å². The number of thiazole rings is 1. The maximum atomic E-state index is 6.24. The van der Waals surface area contributed by atoms with E-state index in [2.05, 4.69) is 11.1 Å². The fourth-order valence-corrected chi connectivity index (χ4v) is 3.11. The SMILES string of the molecule is NC(Cc1ccc(Cl)cc1)c1nc2ccccc2s1. The first kappa shape index (κ1) is 12.6. The third-order valence-corrected chi connectivity index (χ3v) is 4.42. The topological polar surface area (TPSA) is 38.9 Å². The highest BCUT2D eigenvalue weighted by Crippen LogP contribution is 2.27. The van der Waals surface area contributed by atoms with Crippen LogP contribution in [-0.2, 0) is 6.42 Å². The minimum absolute atomic E-state index is 0.0708. The molecule has 0 bridgehead atoms. The number of nitrogens with two attached hydrogens (primary N) is 1. The van der Waals surface area contributed by atoms with Crippen molar-refractivity contribution in [1.82, 2.24) is 4.98 Å². The third-order valence-electron chi connectivity index (χ3n) is 3.00. The molecule has 0 saturated heterocycles. The van der Waals surface area contributed by atoms with Crippen LogP contribution >= 0.6 is 22.9 Å². The van der Waals surface area contributed by atoms with Crippen molar-refractivity contribution in [1.29, 1.82) is 0 Å². The van der Waals surface area contributed by atoms with Gasteiger partial charge in [-0.05, 0) is 36.2 Å². The van der Waals surface area contributed by atoms with Crippen LogP contribution in [0.25, 0.3) is 10.2 Å². The summed E-state index contributed by atoms with van der Waals surface area (Å²) in [7, 11) is 0. The number of halogens is 1. The minimum Gasteiger partial charge on any atom is -0.322 e. The first-order valence-electron chi connectivity index (χ1n) is 6.08. The Hall–Kier alpha value is -1.42. The number of hydrogen-bond donors (Lipinski definition) is 1. The van der Waals surface area contributed by atoms with Crippen molar-refractivity contribution in [3.05, 3.63) is 64.1 Å². The van der Waals surface area contributed by atoms with E-state index in [4.69, 9.17) is 17.3 Å². The highest BCUT2D eigenvalue weighted by Gasteiger charge is 2.12. The average molecular weight is 289 g/mol. The van der Waals surface area contributed by atoms with Gasteiger partial charge in [0.1, 0.15) is 5.01 Å². The van der Waals surface area contributed by atoms with E-state index in [9.17, 15) is 0 Å². The van der Waals surface area contributed by atoms with Crippen LogP contribution < -0.4 is 5.73 Å². The molecule has 0 aliphatic carbocycles. The normalized spacial score (nSPS) is 12.7. The van der Waals surface area contributed by atoms with E-state index < -0.39 is 0 Å². The molecule has 3 rings (SSSR count). The molecule has 0 fully saturated rings. The van der Waals surface area contributed by atoms with Crippen molar-refractivity contribution in [2.45, 2.75) is 12.5 Å². The van der Waals surface area contributed by atoms with Gasteiger partial charge in [0.05, 0.1) is 16.3 Å². The summed E-state index contributed by atoms with van der Waals surface area (Å²) in [6.07, 6.45) is 0.775. The van der Waals surface area contributed by atoms with Crippen LogP contribution in [-0.4, -0.2) is 4.98 Å². The van der Waals surface area contributed by atoms with E-state index in [-0.39, 0.29) is 6.04 Å². The molecule has 3 aromatic rings. The summed E-state index contributed by atoms with van der Waals surface area (Å²) in [5, 5.41) is 1.73. The molecule has 1 aromatic heterocycles. The summed E-state index contributed by atoms with van der Waals surface area (Å²) in [5.74, 6) is 0. The molecule has 0 radical (unpaired) electrons. The highest BCUT2D eigenvalue weighted by atomic mass is 35.5. The molecule has 0 aliphatic heterocycles. The molecule has 0 amide bonds. The number of aromatic nitrogens is 1. The first-order valence-corrected chi connectivity index (χ1v) is 7.27. The van der Waals surface area contributed by atoms with Gasteiger partial charge in [-0.3, -0.25) is 0 Å². The Morgan fingerprint density at radius 2 is 1.84 bits per heavy atom. The first-order chi connectivity index (χ1) is 9.22. The maximum Gasteiger partial charge on any atom is 0.111 e. The molecular weight excluding hydrogens is 276 g/mol. The Morgan fingerprint density at radius 3 is 2.58 bits per heavy atom. The summed E-state index contributed by atoms with van der Waals surface area (Å²) in [6, 6.07) is 15.8. The molecule has 2 nitrogen and oxygen atoms in total. The van der Waals surface area contributed by atoms with Crippen molar-refractivity contribution >= 4 is 33.2 Å². The van der Waals surface area contributed by atoms with Gasteiger partial charge in [-0.15, -0.1) is 11.3 Å². The average Bonchev–Trinajstić information content (AvgIpc) is 2.85. The molecule has 0 saturated carbocycles. The van der Waals surface area contributed by atoms with Gasteiger partial charge >= 0.3 is 0 Å². The molecule has 2 aromatic carbocycles. The van der Waals surface area contributed by atoms with Crippen molar-refractivity contribution in [2.24, 2.45) is 5.73 Å². The molecule has 4 heteroatoms. The van der Waals surface area contributed by atoms with Crippen molar-refractivity contribution < 1.29 is 0 Å². The van der Waals surface area contributed by atoms with Gasteiger partial charge in [0.25, 0.3) is 0 Å². The lowest BCUT2D eigenvalue weighted by atomic mass is 10.1. The van der Waals surface area contributed by atoms with E-state index in [1.807, 2.05) is 42.5 Å². The second-order valence-corrected chi connectivity index (χ2v) is 5.96. The molecule has 96 valence electrons. The van der Waals surface area contributed by atoms with Crippen LogP contribution in [0, 0.1) is 0 Å². The van der Waals surface area contributed by atoms with E-state index in [1.54, 1.807) is 11.3 Å². The van der Waals surface area contributed by atoms with Gasteiger partial charge in [-0.2, -0.15) is 0 Å². The van der Waals surface area contributed by atoms with Gasteiger partial charge in [-0.25, -0.2) is 4.98 Å². The Bertz CT molecular complexity index is 658. The van der Waals surface area contributed by atoms with Gasteiger partial charge in [0, 0.05) is 5.02 Å². The molecule has 0 aliphatic rings. The standard InChI is InChI=1S/C15H13ClN2S/c16-11-7-5-10(6-8-11)9-12(17)15-18-13-3-1-2-4-14(13)19-15/h1-8,12H,9,17H2. The molecular formula is C15H13ClN2S. The minimum atomic E-state index is -0.0708. The zero-order valence-electron chi connectivity index (χ0n) is 10.2. The smallest absolute Gasteiger partial charge is 0.111 e. The zero-order valence-corrected chi connectivity index (χ0v) is 11.8. The van der Waals surface area contributed by atoms with Crippen LogP contribution in [0.4, 0.5) is 0 Å². The van der Waals surface area contributed by atoms with E-state index in [0.29, 0.717) is 0 Å². The summed E-state index contributed by atoms with van der Waals surface area (Å²) in [5.41, 5.74) is 8.44. The monoisotopic (exact) mass is 288 g/mol. The Balaban J connectivity index is 1.83. The highest BCUT2D eigenvalue weighted by molar-refractivity contribution is 7.18. The quantitative estimate of drug-likeness (QED) is 0.785. The molecule has 1 heterocycles. The fraction of sp³-hybridized carbons (Fsp3) is 0.133. The van der Waals surface area contributed by atoms with Crippen LogP contribution in [0.1, 0.15) is 16.6 Å². The van der Waals surface area contributed by atoms with E-state index >= 15 is 0 Å². The predicted molar refractivity (Wildman–Crippen MR) is 81.7 cm³/mol. The number of para-hydroxylation sites is 1. The summed E-state index contributed by atoms with van der Waals surface area (Å²) >= 11 is 7.54. The molecule has 2 N–H and O–H groups in total. The number of rotatable bonds is 3. The predicted octanol–water partition coefficient (Wildman–Crippen LogP) is 4.19. The summed E-state index contributed by atoms with van der Waals surface area (Å²) in [4.78, 5) is 4.59. The van der Waals surface area contributed by atoms with Gasteiger partial charge in [0.15, 0.2) is 0 Å². The zero-order chi connectivity index (χ0) is 13.2. The van der Waals surface area contributed by atoms with Crippen LogP contribution in [0.5, 0.6) is 0 Å². The summed E-state index contributed by atoms with van der Waals surface area (Å²) < 4.78 is 1.18. The fourth-order valence-electron chi connectivity index (χ4n) is 2.01. The van der Waals surface area contributed by atoms with E-state index in [0.717, 1.165) is 22.0 Å². The molecule has 19 heavy (non-hydrogen) atoms. The Morgan fingerprint density at radius 1 is 1.11 bits per heavy atom. The molecule has 1 unspecified atom stereocenters. The van der Waals surface area contributed by atoms with Gasteiger partial charge in [0.2, 0.25) is 0 Å². The van der Waals surface area contributed by atoms with Crippen molar-refractivity contribution in [3.8, 4) is 0 Å². The van der Waals surface area contributed by atoms with Gasteiger partial charge in [-0.1, -0.05) is 35.9 Å². The lowest BCUT2D eigenvalue weighted by Crippen LogP contribution is -2.12. The second kappa shape index (κ2) is 5.29. The Labute approximate surface area is 120 Å². The largest absolute Gasteiger partial charge is 0.322 e. The van der Waals surface area contributed by atoms with Crippen LogP contribution in [0.2, 0.25) is 5.02 Å². The lowest BCUT2D eigenvalue weighted by molar-refractivity contribution is 0.717. The summed E-state index contributed by atoms with van der Waals surface area (Å²) in [6.45, 7) is 0. The second-order valence-electron chi connectivity index (χ2n) is 4.46. The number of hydrogen-bond acceptors (Lipinski definition) is 3. The van der Waals surface area contributed by atoms with Crippen molar-refractivity contribution in [2.75, 3.05) is 0 Å². The van der Waals surface area contributed by atoms with Gasteiger partial charge < -0.3 is 5.73 Å².